The van der Waals surface area contributed by atoms with E-state index < -0.39 is 21.6 Å². The van der Waals surface area contributed by atoms with Crippen molar-refractivity contribution in [1.29, 1.82) is 0 Å². The number of hydrogen-bond acceptors (Lipinski definition) is 3. The molecule has 1 N–H and O–H groups in total. The smallest absolute Gasteiger partial charge is 0.377 e. The van der Waals surface area contributed by atoms with E-state index in [0.29, 0.717) is 15.6 Å². The fourth-order valence-electron chi connectivity index (χ4n) is 2.69. The summed E-state index contributed by atoms with van der Waals surface area (Å²) in [6.07, 6.45) is 0. The molecule has 2 aromatic carbocycles. The van der Waals surface area contributed by atoms with Crippen LogP contribution in [0.15, 0.2) is 54.6 Å². The third-order valence-electron chi connectivity index (χ3n) is 3.91. The molecule has 4 nitrogen and oxygen atoms in total. The van der Waals surface area contributed by atoms with Crippen LogP contribution in [0.2, 0.25) is 0 Å². The first-order valence-corrected chi connectivity index (χ1v) is 8.69. The Kier molecular flexibility index (Phi) is 4.27. The molecular formula is C16H15F3N2O2S. The molecule has 0 spiro atoms. The van der Waals surface area contributed by atoms with Crippen molar-refractivity contribution in [2.75, 3.05) is 11.9 Å². The van der Waals surface area contributed by atoms with E-state index in [1.54, 1.807) is 54.6 Å². The van der Waals surface area contributed by atoms with E-state index in [2.05, 4.69) is 5.32 Å². The quantitative estimate of drug-likeness (QED) is 0.896. The number of sulfonamides is 1. The van der Waals surface area contributed by atoms with E-state index in [1.165, 1.54) is 0 Å². The van der Waals surface area contributed by atoms with Gasteiger partial charge in [0.15, 0.2) is 0 Å². The maximum absolute atomic E-state index is 13.0. The normalized spacial score (nSPS) is 19.2. The first-order valence-electron chi connectivity index (χ1n) is 7.25. The van der Waals surface area contributed by atoms with Crippen molar-refractivity contribution in [3.8, 4) is 0 Å². The zero-order valence-electron chi connectivity index (χ0n) is 12.5. The molecule has 24 heavy (non-hydrogen) atoms. The van der Waals surface area contributed by atoms with Crippen LogP contribution in [0, 0.1) is 0 Å². The number of benzene rings is 2. The summed E-state index contributed by atoms with van der Waals surface area (Å²) in [5.74, 6) is 0. The van der Waals surface area contributed by atoms with Crippen molar-refractivity contribution in [2.45, 2.75) is 18.1 Å². The zero-order valence-corrected chi connectivity index (χ0v) is 13.3. The number of fused-ring (bicyclic) bond motifs is 1. The van der Waals surface area contributed by atoms with E-state index in [-0.39, 0.29) is 13.1 Å². The van der Waals surface area contributed by atoms with Gasteiger partial charge in [-0.3, -0.25) is 0 Å². The van der Waals surface area contributed by atoms with Crippen molar-refractivity contribution in [3.05, 3.63) is 65.7 Å². The third kappa shape index (κ3) is 3.11. The lowest BCUT2D eigenvalue weighted by Gasteiger charge is -2.25. The van der Waals surface area contributed by atoms with Gasteiger partial charge in [0.1, 0.15) is 0 Å². The van der Waals surface area contributed by atoms with Gasteiger partial charge in [-0.15, -0.1) is 0 Å². The first-order chi connectivity index (χ1) is 11.3. The second-order valence-electron chi connectivity index (χ2n) is 5.51. The number of rotatable bonds is 2. The summed E-state index contributed by atoms with van der Waals surface area (Å²) in [5, 5.41) is 3.16. The Bertz CT molecular complexity index is 823. The van der Waals surface area contributed by atoms with E-state index >= 15 is 0 Å². The molecule has 128 valence electrons. The van der Waals surface area contributed by atoms with Crippen LogP contribution < -0.4 is 5.32 Å². The summed E-state index contributed by atoms with van der Waals surface area (Å²) in [4.78, 5) is 0. The monoisotopic (exact) mass is 356 g/mol. The van der Waals surface area contributed by atoms with Crippen LogP contribution in [0.5, 0.6) is 0 Å². The van der Waals surface area contributed by atoms with Gasteiger partial charge in [-0.1, -0.05) is 48.5 Å². The molecule has 8 heteroatoms. The van der Waals surface area contributed by atoms with Gasteiger partial charge in [-0.2, -0.15) is 17.5 Å². The molecule has 2 aromatic rings. The minimum atomic E-state index is -5.41. The van der Waals surface area contributed by atoms with Gasteiger partial charge in [-0.05, 0) is 17.2 Å². The molecular weight excluding hydrogens is 341 g/mol. The van der Waals surface area contributed by atoms with E-state index in [1.807, 2.05) is 0 Å². The molecule has 1 heterocycles. The molecule has 0 fully saturated rings. The van der Waals surface area contributed by atoms with Gasteiger partial charge in [-0.25, -0.2) is 8.42 Å². The summed E-state index contributed by atoms with van der Waals surface area (Å²) >= 11 is 0. The van der Waals surface area contributed by atoms with E-state index in [4.69, 9.17) is 0 Å². The summed E-state index contributed by atoms with van der Waals surface area (Å²) in [5.41, 5.74) is -3.47. The van der Waals surface area contributed by atoms with Crippen LogP contribution in [0.3, 0.4) is 0 Å². The van der Waals surface area contributed by atoms with Crippen LogP contribution in [0.4, 0.5) is 18.9 Å². The molecule has 0 saturated carbocycles. The molecule has 1 aliphatic rings. The minimum Gasteiger partial charge on any atom is -0.377 e. The van der Waals surface area contributed by atoms with Gasteiger partial charge in [0, 0.05) is 18.8 Å². The Morgan fingerprint density at radius 1 is 1.00 bits per heavy atom. The first kappa shape index (κ1) is 16.8. The van der Waals surface area contributed by atoms with Gasteiger partial charge in [0.25, 0.3) is 0 Å². The summed E-state index contributed by atoms with van der Waals surface area (Å²) in [6.45, 7) is -0.630. The molecule has 0 saturated heterocycles. The second kappa shape index (κ2) is 6.10. The molecule has 0 radical (unpaired) electrons. The van der Waals surface area contributed by atoms with Gasteiger partial charge in [0.2, 0.25) is 0 Å². The topological polar surface area (TPSA) is 49.4 Å². The number of nitrogens with one attached hydrogen (secondary N) is 1. The number of anilines is 1. The molecule has 1 aliphatic heterocycles. The van der Waals surface area contributed by atoms with Crippen molar-refractivity contribution in [3.63, 3.8) is 0 Å². The second-order valence-corrected chi connectivity index (χ2v) is 7.44. The third-order valence-corrected chi connectivity index (χ3v) is 5.46. The Hall–Kier alpha value is -2.06. The van der Waals surface area contributed by atoms with Crippen LogP contribution in [0.25, 0.3) is 0 Å². The predicted octanol–water partition coefficient (Wildman–Crippen LogP) is 3.51. The zero-order chi connectivity index (χ0) is 17.4. The fraction of sp³-hybridized carbons (Fsp3) is 0.250. The highest BCUT2D eigenvalue weighted by Gasteiger charge is 2.50. The Labute approximate surface area is 138 Å². The summed E-state index contributed by atoms with van der Waals surface area (Å²) in [7, 11) is -5.41. The van der Waals surface area contributed by atoms with Crippen molar-refractivity contribution < 1.29 is 21.6 Å². The summed E-state index contributed by atoms with van der Waals surface area (Å²) < 4.78 is 63.3. The van der Waals surface area contributed by atoms with Gasteiger partial charge < -0.3 is 5.32 Å². The lowest BCUT2D eigenvalue weighted by Crippen LogP contribution is -2.42. The number of para-hydroxylation sites is 1. The Morgan fingerprint density at radius 2 is 1.62 bits per heavy atom. The van der Waals surface area contributed by atoms with Crippen molar-refractivity contribution in [1.82, 2.24) is 4.31 Å². The molecule has 0 unspecified atom stereocenters. The van der Waals surface area contributed by atoms with Crippen molar-refractivity contribution in [2.24, 2.45) is 0 Å². The largest absolute Gasteiger partial charge is 0.511 e. The fourth-order valence-corrected chi connectivity index (χ4v) is 3.64. The average Bonchev–Trinajstić information content (AvgIpc) is 2.74. The predicted molar refractivity (Wildman–Crippen MR) is 84.6 cm³/mol. The molecule has 0 amide bonds. The van der Waals surface area contributed by atoms with Crippen LogP contribution in [-0.4, -0.2) is 24.8 Å². The van der Waals surface area contributed by atoms with Crippen LogP contribution in [0.1, 0.15) is 17.2 Å². The maximum Gasteiger partial charge on any atom is 0.511 e. The highest BCUT2D eigenvalue weighted by atomic mass is 32.2. The minimum absolute atomic E-state index is 0.305. The molecule has 3 rings (SSSR count). The number of halogens is 3. The number of hydrogen-bond donors (Lipinski definition) is 1. The Balaban J connectivity index is 2.05. The van der Waals surface area contributed by atoms with Gasteiger partial charge in [0.05, 0.1) is 6.04 Å². The standard InChI is InChI=1S/C16H15F3N2O2S/c17-16(18,19)24(22,23)21-10-13-8-4-5-9-14(13)20-15(11-21)12-6-2-1-3-7-12/h1-9,15,20H,10-11H2/t15-/m1/s1. The van der Waals surface area contributed by atoms with Crippen molar-refractivity contribution >= 4 is 15.7 Å². The van der Waals surface area contributed by atoms with E-state index in [0.717, 1.165) is 5.56 Å². The SMILES string of the molecule is O=S(=O)(N1Cc2ccccc2N[C@@H](c2ccccc2)C1)C(F)(F)F. The average molecular weight is 356 g/mol. The van der Waals surface area contributed by atoms with E-state index in [9.17, 15) is 21.6 Å². The summed E-state index contributed by atoms with van der Waals surface area (Å²) in [6, 6.07) is 15.0. The molecule has 0 bridgehead atoms. The highest BCUT2D eigenvalue weighted by molar-refractivity contribution is 7.89. The number of alkyl halides is 3. The maximum atomic E-state index is 13.0. The number of nitrogens with zero attached hydrogens (tertiary/aromatic N) is 1. The lowest BCUT2D eigenvalue weighted by molar-refractivity contribution is -0.0491. The van der Waals surface area contributed by atoms with Crippen LogP contribution in [-0.2, 0) is 16.6 Å². The molecule has 0 aromatic heterocycles. The van der Waals surface area contributed by atoms with Gasteiger partial charge >= 0.3 is 15.5 Å². The molecule has 0 aliphatic carbocycles. The highest BCUT2D eigenvalue weighted by Crippen LogP contribution is 2.34. The molecule has 1 atom stereocenters. The Morgan fingerprint density at radius 3 is 2.29 bits per heavy atom. The lowest BCUT2D eigenvalue weighted by atomic mass is 10.1. The van der Waals surface area contributed by atoms with Crippen LogP contribution >= 0.6 is 0 Å².